The van der Waals surface area contributed by atoms with E-state index in [1.807, 2.05) is 0 Å². The number of piperidine rings is 1. The molecule has 0 amide bonds. The number of rotatable bonds is 5. The maximum atomic E-state index is 10.3. The van der Waals surface area contributed by atoms with E-state index in [4.69, 9.17) is 0 Å². The highest BCUT2D eigenvalue weighted by Crippen LogP contribution is 2.33. The van der Waals surface area contributed by atoms with Crippen molar-refractivity contribution in [3.63, 3.8) is 0 Å². The van der Waals surface area contributed by atoms with Crippen LogP contribution in [0.4, 0.5) is 0 Å². The lowest BCUT2D eigenvalue weighted by atomic mass is 9.77. The summed E-state index contributed by atoms with van der Waals surface area (Å²) in [4.78, 5) is 2.44. The van der Waals surface area contributed by atoms with Crippen LogP contribution in [-0.2, 0) is 0 Å². The average molecular weight is 269 g/mol. The third-order valence-corrected chi connectivity index (χ3v) is 5.18. The second-order valence-corrected chi connectivity index (χ2v) is 6.62. The Morgan fingerprint density at radius 2 is 2.00 bits per heavy atom. The Morgan fingerprint density at radius 1 is 1.16 bits per heavy atom. The summed E-state index contributed by atoms with van der Waals surface area (Å²) in [5, 5.41) is 19.7. The van der Waals surface area contributed by atoms with Gasteiger partial charge in [0, 0.05) is 12.6 Å². The lowest BCUT2D eigenvalue weighted by Gasteiger charge is -2.41. The van der Waals surface area contributed by atoms with Crippen LogP contribution in [-0.4, -0.2) is 47.0 Å². The maximum Gasteiger partial charge on any atom is 0.0586 e. The van der Waals surface area contributed by atoms with Crippen LogP contribution < -0.4 is 0 Å². The zero-order chi connectivity index (χ0) is 13.7. The van der Waals surface area contributed by atoms with Gasteiger partial charge in [-0.2, -0.15) is 0 Å². The summed E-state index contributed by atoms with van der Waals surface area (Å²) in [6.07, 6.45) is 9.44. The highest BCUT2D eigenvalue weighted by atomic mass is 16.3. The van der Waals surface area contributed by atoms with Crippen LogP contribution in [0.5, 0.6) is 0 Å². The Morgan fingerprint density at radius 3 is 2.74 bits per heavy atom. The topological polar surface area (TPSA) is 43.7 Å². The minimum absolute atomic E-state index is 0.116. The number of hydrogen-bond acceptors (Lipinski definition) is 3. The fourth-order valence-corrected chi connectivity index (χ4v) is 4.02. The first-order chi connectivity index (χ1) is 9.24. The summed E-state index contributed by atoms with van der Waals surface area (Å²) in [6, 6.07) is 0.340. The molecule has 2 rings (SSSR count). The molecule has 112 valence electrons. The zero-order valence-corrected chi connectivity index (χ0v) is 12.4. The van der Waals surface area contributed by atoms with Crippen molar-refractivity contribution in [2.24, 2.45) is 11.8 Å². The summed E-state index contributed by atoms with van der Waals surface area (Å²) in [5.74, 6) is 1.24. The van der Waals surface area contributed by atoms with Crippen molar-refractivity contribution in [2.45, 2.75) is 70.4 Å². The van der Waals surface area contributed by atoms with Crippen LogP contribution in [0.15, 0.2) is 0 Å². The maximum absolute atomic E-state index is 10.3. The Balaban J connectivity index is 1.87. The van der Waals surface area contributed by atoms with Crippen LogP contribution in [0.1, 0.15) is 58.3 Å². The summed E-state index contributed by atoms with van der Waals surface area (Å²) in [7, 11) is 0. The second-order valence-electron chi connectivity index (χ2n) is 6.62. The molecule has 3 nitrogen and oxygen atoms in total. The van der Waals surface area contributed by atoms with E-state index in [-0.39, 0.29) is 12.7 Å². The molecule has 2 fully saturated rings. The van der Waals surface area contributed by atoms with Gasteiger partial charge >= 0.3 is 0 Å². The van der Waals surface area contributed by atoms with Gasteiger partial charge in [0.1, 0.15) is 0 Å². The second kappa shape index (κ2) is 7.61. The Labute approximate surface area is 118 Å². The smallest absolute Gasteiger partial charge is 0.0586 e. The van der Waals surface area contributed by atoms with Crippen molar-refractivity contribution in [2.75, 3.05) is 19.7 Å². The molecule has 4 unspecified atom stereocenters. The molecule has 1 heterocycles. The van der Waals surface area contributed by atoms with Crippen molar-refractivity contribution in [3.05, 3.63) is 0 Å². The highest BCUT2D eigenvalue weighted by molar-refractivity contribution is 4.85. The van der Waals surface area contributed by atoms with Crippen molar-refractivity contribution in [1.29, 1.82) is 0 Å². The SMILES string of the molecule is CCCC1CCC(O)C(CN2CCCCC2CO)C1. The summed E-state index contributed by atoms with van der Waals surface area (Å²) < 4.78 is 0. The highest BCUT2D eigenvalue weighted by Gasteiger charge is 2.32. The van der Waals surface area contributed by atoms with E-state index in [2.05, 4.69) is 11.8 Å². The molecular weight excluding hydrogens is 238 g/mol. The zero-order valence-electron chi connectivity index (χ0n) is 12.4. The quantitative estimate of drug-likeness (QED) is 0.805. The molecule has 2 aliphatic rings. The fourth-order valence-electron chi connectivity index (χ4n) is 4.02. The molecule has 0 radical (unpaired) electrons. The Bertz CT molecular complexity index is 259. The van der Waals surface area contributed by atoms with Gasteiger partial charge in [0.2, 0.25) is 0 Å². The van der Waals surface area contributed by atoms with Gasteiger partial charge in [-0.15, -0.1) is 0 Å². The summed E-state index contributed by atoms with van der Waals surface area (Å²) in [5.41, 5.74) is 0. The molecule has 0 aromatic carbocycles. The van der Waals surface area contributed by atoms with E-state index in [9.17, 15) is 10.2 Å². The van der Waals surface area contributed by atoms with E-state index in [0.717, 1.165) is 31.8 Å². The van der Waals surface area contributed by atoms with E-state index < -0.39 is 0 Å². The number of nitrogens with zero attached hydrogens (tertiary/aromatic N) is 1. The molecule has 2 N–H and O–H groups in total. The van der Waals surface area contributed by atoms with Gasteiger partial charge < -0.3 is 10.2 Å². The third kappa shape index (κ3) is 4.17. The van der Waals surface area contributed by atoms with Gasteiger partial charge in [-0.25, -0.2) is 0 Å². The Hall–Kier alpha value is -0.120. The van der Waals surface area contributed by atoms with Crippen molar-refractivity contribution in [3.8, 4) is 0 Å². The lowest BCUT2D eigenvalue weighted by molar-refractivity contribution is 0.00150. The summed E-state index contributed by atoms with van der Waals surface area (Å²) in [6.45, 7) is 4.63. The predicted octanol–water partition coefficient (Wildman–Crippen LogP) is 2.41. The van der Waals surface area contributed by atoms with Crippen molar-refractivity contribution < 1.29 is 10.2 Å². The third-order valence-electron chi connectivity index (χ3n) is 5.18. The van der Waals surface area contributed by atoms with Crippen LogP contribution >= 0.6 is 0 Å². The normalized spacial score (nSPS) is 37.4. The first kappa shape index (κ1) is 15.3. The molecule has 1 saturated heterocycles. The first-order valence-electron chi connectivity index (χ1n) is 8.27. The lowest BCUT2D eigenvalue weighted by Crippen LogP contribution is -2.47. The molecule has 0 aromatic heterocycles. The van der Waals surface area contributed by atoms with E-state index >= 15 is 0 Å². The Kier molecular flexibility index (Phi) is 6.11. The first-order valence-corrected chi connectivity index (χ1v) is 8.27. The van der Waals surface area contributed by atoms with Crippen LogP contribution in [0.25, 0.3) is 0 Å². The number of hydrogen-bond donors (Lipinski definition) is 2. The fraction of sp³-hybridized carbons (Fsp3) is 1.00. The molecule has 1 saturated carbocycles. The molecule has 1 aliphatic heterocycles. The molecule has 4 atom stereocenters. The standard InChI is InChI=1S/C16H31NO2/c1-2-5-13-7-8-16(19)14(10-13)11-17-9-4-3-6-15(17)12-18/h13-16,18-19H,2-12H2,1H3. The van der Waals surface area contributed by atoms with Gasteiger partial charge in [0.15, 0.2) is 0 Å². The minimum Gasteiger partial charge on any atom is -0.395 e. The van der Waals surface area contributed by atoms with Crippen LogP contribution in [0.2, 0.25) is 0 Å². The van der Waals surface area contributed by atoms with E-state index in [0.29, 0.717) is 12.0 Å². The predicted molar refractivity (Wildman–Crippen MR) is 78.0 cm³/mol. The molecule has 0 spiro atoms. The largest absolute Gasteiger partial charge is 0.395 e. The molecular formula is C16H31NO2. The summed E-state index contributed by atoms with van der Waals surface area (Å²) >= 11 is 0. The number of aliphatic hydroxyl groups is 2. The molecule has 1 aliphatic carbocycles. The van der Waals surface area contributed by atoms with E-state index in [1.165, 1.54) is 38.5 Å². The van der Waals surface area contributed by atoms with Gasteiger partial charge in [-0.1, -0.05) is 26.2 Å². The van der Waals surface area contributed by atoms with Crippen molar-refractivity contribution >= 4 is 0 Å². The van der Waals surface area contributed by atoms with Crippen LogP contribution in [0, 0.1) is 11.8 Å². The molecule has 3 heteroatoms. The van der Waals surface area contributed by atoms with Gasteiger partial charge in [0.05, 0.1) is 12.7 Å². The average Bonchev–Trinajstić information content (AvgIpc) is 2.43. The molecule has 19 heavy (non-hydrogen) atoms. The molecule has 0 bridgehead atoms. The van der Waals surface area contributed by atoms with E-state index in [1.54, 1.807) is 0 Å². The van der Waals surface area contributed by atoms with Crippen LogP contribution in [0.3, 0.4) is 0 Å². The monoisotopic (exact) mass is 269 g/mol. The minimum atomic E-state index is -0.116. The number of likely N-dealkylation sites (tertiary alicyclic amines) is 1. The van der Waals surface area contributed by atoms with Gasteiger partial charge in [0.25, 0.3) is 0 Å². The molecule has 0 aromatic rings. The van der Waals surface area contributed by atoms with Gasteiger partial charge in [-0.3, -0.25) is 4.90 Å². The number of aliphatic hydroxyl groups excluding tert-OH is 2. The van der Waals surface area contributed by atoms with Gasteiger partial charge in [-0.05, 0) is 50.5 Å². The van der Waals surface area contributed by atoms with Crippen molar-refractivity contribution in [1.82, 2.24) is 4.90 Å².